The number of carbonyl (C=O) groups is 2. The van der Waals surface area contributed by atoms with Gasteiger partial charge in [-0.3, -0.25) is 14.5 Å². The Balaban J connectivity index is 1.43. The SMILES string of the molecule is CCCCN(C(=O)CN1CC(c2ccc3c(c2)CCO3)C(C(=O)O)C1CCn1ccnc1)c1cccc(CN)c1. The molecule has 0 radical (unpaired) electrons. The zero-order valence-electron chi connectivity index (χ0n) is 23.1. The van der Waals surface area contributed by atoms with Crippen LogP contribution in [0.4, 0.5) is 5.69 Å². The predicted molar refractivity (Wildman–Crippen MR) is 153 cm³/mol. The number of benzene rings is 2. The number of carboxylic acid groups (broad SMARTS) is 1. The first kappa shape index (κ1) is 27.9. The molecule has 0 spiro atoms. The summed E-state index contributed by atoms with van der Waals surface area (Å²) in [5.41, 5.74) is 9.81. The summed E-state index contributed by atoms with van der Waals surface area (Å²) in [4.78, 5) is 34.8. The number of carbonyl (C=O) groups excluding carboxylic acids is 1. The summed E-state index contributed by atoms with van der Waals surface area (Å²) in [7, 11) is 0. The summed E-state index contributed by atoms with van der Waals surface area (Å²) in [6, 6.07) is 13.6. The number of hydrogen-bond acceptors (Lipinski definition) is 6. The minimum atomic E-state index is -0.828. The van der Waals surface area contributed by atoms with Crippen LogP contribution in [-0.2, 0) is 29.1 Å². The standard InChI is InChI=1S/C31H39N5O4/c1-2-3-12-36(25-6-4-5-22(16-25)18-32)29(37)20-35-19-26(23-7-8-28-24(17-23)10-15-40-28)30(31(38)39)27(35)9-13-34-14-11-33-21-34/h4-8,11,14,16-17,21,26-27,30H,2-3,9-10,12-13,15,18-20,32H2,1H3,(H,38,39). The quantitative estimate of drug-likeness (QED) is 0.357. The minimum absolute atomic E-state index is 0.0256. The fourth-order valence-corrected chi connectivity index (χ4v) is 6.15. The number of amides is 1. The molecule has 0 aliphatic carbocycles. The summed E-state index contributed by atoms with van der Waals surface area (Å²) < 4.78 is 7.65. The van der Waals surface area contributed by atoms with Gasteiger partial charge in [-0.15, -0.1) is 0 Å². The van der Waals surface area contributed by atoms with Crippen LogP contribution in [0, 0.1) is 5.92 Å². The number of rotatable bonds is 12. The Morgan fingerprint density at radius 2 is 2.10 bits per heavy atom. The van der Waals surface area contributed by atoms with E-state index in [1.165, 1.54) is 0 Å². The van der Waals surface area contributed by atoms with Crippen molar-refractivity contribution in [3.63, 3.8) is 0 Å². The van der Waals surface area contributed by atoms with Crippen molar-refractivity contribution in [1.29, 1.82) is 0 Å². The summed E-state index contributed by atoms with van der Waals surface area (Å²) in [5, 5.41) is 10.5. The van der Waals surface area contributed by atoms with Gasteiger partial charge in [-0.1, -0.05) is 37.6 Å². The maximum absolute atomic E-state index is 13.9. The van der Waals surface area contributed by atoms with Crippen molar-refractivity contribution in [3.8, 4) is 5.75 Å². The number of likely N-dealkylation sites (tertiary alicyclic amines) is 1. The third-order valence-electron chi connectivity index (χ3n) is 8.25. The van der Waals surface area contributed by atoms with E-state index in [1.54, 1.807) is 12.5 Å². The van der Waals surface area contributed by atoms with Gasteiger partial charge in [0.25, 0.3) is 0 Å². The van der Waals surface area contributed by atoms with Crippen LogP contribution in [0.15, 0.2) is 61.2 Å². The van der Waals surface area contributed by atoms with Crippen LogP contribution in [0.2, 0.25) is 0 Å². The molecule has 2 aliphatic heterocycles. The number of imidazole rings is 1. The Bertz CT molecular complexity index is 1310. The third kappa shape index (κ3) is 6.05. The van der Waals surface area contributed by atoms with E-state index < -0.39 is 11.9 Å². The van der Waals surface area contributed by atoms with E-state index >= 15 is 0 Å². The molecule has 5 rings (SSSR count). The highest BCUT2D eigenvalue weighted by Crippen LogP contribution is 2.41. The lowest BCUT2D eigenvalue weighted by Gasteiger charge is -2.30. The van der Waals surface area contributed by atoms with E-state index in [2.05, 4.69) is 22.9 Å². The van der Waals surface area contributed by atoms with Gasteiger partial charge in [0.05, 0.1) is 25.4 Å². The van der Waals surface area contributed by atoms with Crippen molar-refractivity contribution in [3.05, 3.63) is 77.9 Å². The second kappa shape index (κ2) is 12.7. The number of hydrogen-bond donors (Lipinski definition) is 2. The first-order valence-electron chi connectivity index (χ1n) is 14.3. The second-order valence-corrected chi connectivity index (χ2v) is 10.8. The molecule has 1 saturated heterocycles. The van der Waals surface area contributed by atoms with Gasteiger partial charge >= 0.3 is 5.97 Å². The van der Waals surface area contributed by atoms with Crippen LogP contribution >= 0.6 is 0 Å². The average molecular weight is 546 g/mol. The smallest absolute Gasteiger partial charge is 0.308 e. The molecule has 212 valence electrons. The maximum Gasteiger partial charge on any atom is 0.308 e. The van der Waals surface area contributed by atoms with Crippen LogP contribution in [-0.4, -0.2) is 63.7 Å². The molecular weight excluding hydrogens is 506 g/mol. The Morgan fingerprint density at radius 1 is 1.23 bits per heavy atom. The second-order valence-electron chi connectivity index (χ2n) is 10.8. The average Bonchev–Trinajstić information content (AvgIpc) is 3.72. The Morgan fingerprint density at radius 3 is 2.85 bits per heavy atom. The molecule has 1 fully saturated rings. The highest BCUT2D eigenvalue weighted by atomic mass is 16.5. The molecule has 3 N–H and O–H groups in total. The first-order valence-corrected chi connectivity index (χ1v) is 14.3. The molecule has 2 aromatic carbocycles. The molecule has 1 aromatic heterocycles. The van der Waals surface area contributed by atoms with Gasteiger partial charge in [0, 0.05) is 62.6 Å². The van der Waals surface area contributed by atoms with Gasteiger partial charge in [0.2, 0.25) is 5.91 Å². The molecule has 40 heavy (non-hydrogen) atoms. The number of unbranched alkanes of at least 4 members (excludes halogenated alkanes) is 1. The van der Waals surface area contributed by atoms with E-state index in [0.29, 0.717) is 39.2 Å². The molecule has 0 bridgehead atoms. The lowest BCUT2D eigenvalue weighted by atomic mass is 9.83. The highest BCUT2D eigenvalue weighted by Gasteiger charge is 2.47. The number of aromatic nitrogens is 2. The summed E-state index contributed by atoms with van der Waals surface area (Å²) >= 11 is 0. The first-order chi connectivity index (χ1) is 19.5. The molecule has 9 heteroatoms. The number of anilines is 1. The number of carboxylic acids is 1. The van der Waals surface area contributed by atoms with E-state index in [1.807, 2.05) is 52.1 Å². The van der Waals surface area contributed by atoms with E-state index in [4.69, 9.17) is 10.5 Å². The lowest BCUT2D eigenvalue weighted by Crippen LogP contribution is -2.45. The van der Waals surface area contributed by atoms with Gasteiger partial charge in [-0.2, -0.15) is 0 Å². The van der Waals surface area contributed by atoms with Gasteiger partial charge in [0.15, 0.2) is 0 Å². The summed E-state index contributed by atoms with van der Waals surface area (Å²) in [5.74, 6) is -0.841. The molecule has 9 nitrogen and oxygen atoms in total. The van der Waals surface area contributed by atoms with E-state index in [9.17, 15) is 14.7 Å². The van der Waals surface area contributed by atoms with Gasteiger partial charge in [-0.05, 0) is 47.7 Å². The van der Waals surface area contributed by atoms with Crippen LogP contribution in [0.5, 0.6) is 5.75 Å². The van der Waals surface area contributed by atoms with Crippen molar-refractivity contribution >= 4 is 17.6 Å². The number of ether oxygens (including phenoxy) is 1. The molecule has 3 aromatic rings. The zero-order valence-corrected chi connectivity index (χ0v) is 23.1. The Labute approximate surface area is 235 Å². The number of nitrogens with zero attached hydrogens (tertiary/aromatic N) is 4. The van der Waals surface area contributed by atoms with Gasteiger partial charge in [-0.25, -0.2) is 4.98 Å². The molecular formula is C31H39N5O4. The molecule has 3 heterocycles. The predicted octanol–water partition coefficient (Wildman–Crippen LogP) is 3.67. The van der Waals surface area contributed by atoms with Crippen LogP contribution < -0.4 is 15.4 Å². The van der Waals surface area contributed by atoms with Crippen molar-refractivity contribution < 1.29 is 19.4 Å². The zero-order chi connectivity index (χ0) is 28.1. The fourth-order valence-electron chi connectivity index (χ4n) is 6.15. The fraction of sp³-hybridized carbons (Fsp3) is 0.452. The Hall–Kier alpha value is -3.69. The topological polar surface area (TPSA) is 114 Å². The van der Waals surface area contributed by atoms with Crippen LogP contribution in [0.1, 0.15) is 48.8 Å². The molecule has 3 atom stereocenters. The molecule has 0 saturated carbocycles. The Kier molecular flexibility index (Phi) is 8.81. The van der Waals surface area contributed by atoms with Crippen molar-refractivity contribution in [2.75, 3.05) is 31.1 Å². The maximum atomic E-state index is 13.9. The monoisotopic (exact) mass is 545 g/mol. The van der Waals surface area contributed by atoms with Crippen molar-refractivity contribution in [1.82, 2.24) is 14.5 Å². The summed E-state index contributed by atoms with van der Waals surface area (Å²) in [6.45, 7) is 5.05. The number of aliphatic carboxylic acids is 1. The highest BCUT2D eigenvalue weighted by molar-refractivity contribution is 5.95. The van der Waals surface area contributed by atoms with Crippen LogP contribution in [0.3, 0.4) is 0 Å². The molecule has 2 aliphatic rings. The van der Waals surface area contributed by atoms with E-state index in [-0.39, 0.29) is 24.4 Å². The third-order valence-corrected chi connectivity index (χ3v) is 8.25. The molecule has 3 unspecified atom stereocenters. The normalized spacial score (nSPS) is 20.3. The number of nitrogens with two attached hydrogens (primary N) is 1. The van der Waals surface area contributed by atoms with E-state index in [0.717, 1.165) is 47.4 Å². The minimum Gasteiger partial charge on any atom is -0.493 e. The largest absolute Gasteiger partial charge is 0.493 e. The van der Waals surface area contributed by atoms with Gasteiger partial charge in [0.1, 0.15) is 5.75 Å². The number of aryl methyl sites for hydroxylation is 1. The lowest BCUT2D eigenvalue weighted by molar-refractivity contribution is -0.143. The number of fused-ring (bicyclic) bond motifs is 1. The van der Waals surface area contributed by atoms with Crippen molar-refractivity contribution in [2.45, 2.75) is 57.7 Å². The summed E-state index contributed by atoms with van der Waals surface area (Å²) in [6.07, 6.45) is 8.62. The van der Waals surface area contributed by atoms with Crippen LogP contribution in [0.25, 0.3) is 0 Å². The van der Waals surface area contributed by atoms with Crippen molar-refractivity contribution in [2.24, 2.45) is 11.7 Å². The van der Waals surface area contributed by atoms with Gasteiger partial charge < -0.3 is 25.0 Å². The molecule has 1 amide bonds.